The molecule has 0 aromatic carbocycles. The lowest BCUT2D eigenvalue weighted by molar-refractivity contribution is -0.138. The molecule has 5 nitrogen and oxygen atoms in total. The number of nitrogens with zero attached hydrogens (tertiary/aromatic N) is 2. The van der Waals surface area contributed by atoms with Crippen LogP contribution < -0.4 is 5.32 Å². The minimum atomic E-state index is -0.754. The molecule has 0 aliphatic heterocycles. The van der Waals surface area contributed by atoms with Gasteiger partial charge >= 0.3 is 5.97 Å². The second-order valence-corrected chi connectivity index (χ2v) is 5.03. The predicted molar refractivity (Wildman–Crippen MR) is 68.5 cm³/mol. The van der Waals surface area contributed by atoms with Crippen molar-refractivity contribution in [1.29, 1.82) is 0 Å². The molecule has 0 atom stereocenters. The fourth-order valence-corrected chi connectivity index (χ4v) is 2.66. The lowest BCUT2D eigenvalue weighted by atomic mass is 9.79. The Morgan fingerprint density at radius 1 is 1.44 bits per heavy atom. The van der Waals surface area contributed by atoms with Gasteiger partial charge in [0.1, 0.15) is 11.6 Å². The maximum Gasteiger partial charge on any atom is 0.305 e. The van der Waals surface area contributed by atoms with Crippen LogP contribution in [0, 0.1) is 6.92 Å². The van der Waals surface area contributed by atoms with Crippen molar-refractivity contribution in [2.24, 2.45) is 0 Å². The SMILES string of the molecule is Cc1nccc(NC2(CC(=O)O)CCCCC2)n1. The van der Waals surface area contributed by atoms with Crippen LogP contribution in [0.1, 0.15) is 44.3 Å². The molecule has 0 bridgehead atoms. The van der Waals surface area contributed by atoms with Crippen LogP contribution >= 0.6 is 0 Å². The average Bonchev–Trinajstić information content (AvgIpc) is 2.28. The smallest absolute Gasteiger partial charge is 0.305 e. The second kappa shape index (κ2) is 5.33. The molecule has 0 saturated heterocycles. The number of carbonyl (C=O) groups is 1. The van der Waals surface area contributed by atoms with Gasteiger partial charge in [0, 0.05) is 11.7 Å². The molecule has 1 aromatic rings. The van der Waals surface area contributed by atoms with Gasteiger partial charge in [-0.2, -0.15) is 0 Å². The van der Waals surface area contributed by atoms with Gasteiger partial charge in [-0.1, -0.05) is 19.3 Å². The Kier molecular flexibility index (Phi) is 3.79. The Morgan fingerprint density at radius 3 is 2.78 bits per heavy atom. The van der Waals surface area contributed by atoms with Crippen molar-refractivity contribution in [3.63, 3.8) is 0 Å². The summed E-state index contributed by atoms with van der Waals surface area (Å²) in [7, 11) is 0. The number of carboxylic acids is 1. The Bertz CT molecular complexity index is 428. The van der Waals surface area contributed by atoms with Crippen molar-refractivity contribution in [2.75, 3.05) is 5.32 Å². The highest BCUT2D eigenvalue weighted by Gasteiger charge is 2.34. The Hall–Kier alpha value is -1.65. The maximum absolute atomic E-state index is 11.1. The normalized spacial score (nSPS) is 18.3. The standard InChI is InChI=1S/C13H19N3O2/c1-10-14-8-5-11(15-10)16-13(9-12(17)18)6-3-2-4-7-13/h5,8H,2-4,6-7,9H2,1H3,(H,17,18)(H,14,15,16). The Morgan fingerprint density at radius 2 is 2.17 bits per heavy atom. The van der Waals surface area contributed by atoms with E-state index >= 15 is 0 Å². The second-order valence-electron chi connectivity index (χ2n) is 5.03. The number of rotatable bonds is 4. The van der Waals surface area contributed by atoms with Crippen LogP contribution in [0.2, 0.25) is 0 Å². The van der Waals surface area contributed by atoms with Gasteiger partial charge in [0.05, 0.1) is 6.42 Å². The molecule has 1 aromatic heterocycles. The van der Waals surface area contributed by atoms with E-state index in [2.05, 4.69) is 15.3 Å². The summed E-state index contributed by atoms with van der Waals surface area (Å²) in [5, 5.41) is 12.4. The van der Waals surface area contributed by atoms with Crippen LogP contribution in [-0.4, -0.2) is 26.6 Å². The molecule has 1 fully saturated rings. The van der Waals surface area contributed by atoms with E-state index in [1.165, 1.54) is 6.42 Å². The van der Waals surface area contributed by atoms with Crippen LogP contribution in [0.3, 0.4) is 0 Å². The zero-order valence-corrected chi connectivity index (χ0v) is 10.6. The first-order chi connectivity index (χ1) is 8.60. The monoisotopic (exact) mass is 249 g/mol. The molecule has 2 N–H and O–H groups in total. The summed E-state index contributed by atoms with van der Waals surface area (Å²) in [5.74, 6) is 0.669. The van der Waals surface area contributed by atoms with Crippen molar-refractivity contribution in [2.45, 2.75) is 51.0 Å². The molecule has 0 radical (unpaired) electrons. The topological polar surface area (TPSA) is 75.1 Å². The van der Waals surface area contributed by atoms with E-state index in [9.17, 15) is 4.79 Å². The van der Waals surface area contributed by atoms with Crippen LogP contribution in [0.15, 0.2) is 12.3 Å². The summed E-state index contributed by atoms with van der Waals surface area (Å²) < 4.78 is 0. The molecular formula is C13H19N3O2. The summed E-state index contributed by atoms with van der Waals surface area (Å²) in [4.78, 5) is 19.4. The van der Waals surface area contributed by atoms with Gasteiger partial charge in [0.15, 0.2) is 0 Å². The first-order valence-electron chi connectivity index (χ1n) is 6.39. The van der Waals surface area contributed by atoms with Gasteiger partial charge in [-0.05, 0) is 25.8 Å². The highest BCUT2D eigenvalue weighted by Crippen LogP contribution is 2.33. The number of carboxylic acid groups (broad SMARTS) is 1. The lowest BCUT2D eigenvalue weighted by Crippen LogP contribution is -2.42. The number of aliphatic carboxylic acids is 1. The summed E-state index contributed by atoms with van der Waals surface area (Å²) >= 11 is 0. The zero-order valence-electron chi connectivity index (χ0n) is 10.6. The molecule has 1 heterocycles. The van der Waals surface area contributed by atoms with Crippen molar-refractivity contribution in [3.8, 4) is 0 Å². The van der Waals surface area contributed by atoms with Crippen molar-refractivity contribution < 1.29 is 9.90 Å². The van der Waals surface area contributed by atoms with E-state index in [1.54, 1.807) is 12.3 Å². The third-order valence-corrected chi connectivity index (χ3v) is 3.47. The third kappa shape index (κ3) is 3.18. The third-order valence-electron chi connectivity index (χ3n) is 3.47. The largest absolute Gasteiger partial charge is 0.481 e. The minimum Gasteiger partial charge on any atom is -0.481 e. The zero-order chi connectivity index (χ0) is 13.0. The molecule has 0 unspecified atom stereocenters. The number of aromatic nitrogens is 2. The van der Waals surface area contributed by atoms with Crippen molar-refractivity contribution >= 4 is 11.8 Å². The van der Waals surface area contributed by atoms with Crippen LogP contribution in [-0.2, 0) is 4.79 Å². The molecule has 1 aliphatic carbocycles. The van der Waals surface area contributed by atoms with E-state index in [0.29, 0.717) is 5.82 Å². The molecule has 98 valence electrons. The molecule has 0 spiro atoms. The summed E-state index contributed by atoms with van der Waals surface area (Å²) in [6.07, 6.45) is 6.96. The van der Waals surface area contributed by atoms with E-state index in [4.69, 9.17) is 5.11 Å². The predicted octanol–water partition coefficient (Wildman–Crippen LogP) is 2.37. The van der Waals surface area contributed by atoms with Crippen molar-refractivity contribution in [1.82, 2.24) is 9.97 Å². The fourth-order valence-electron chi connectivity index (χ4n) is 2.66. The Labute approximate surface area is 107 Å². The summed E-state index contributed by atoms with van der Waals surface area (Å²) in [6.45, 7) is 1.83. The highest BCUT2D eigenvalue weighted by molar-refractivity contribution is 5.69. The summed E-state index contributed by atoms with van der Waals surface area (Å²) in [6, 6.07) is 1.80. The molecule has 0 amide bonds. The molecule has 18 heavy (non-hydrogen) atoms. The fraction of sp³-hybridized carbons (Fsp3) is 0.615. The average molecular weight is 249 g/mol. The number of hydrogen-bond donors (Lipinski definition) is 2. The molecule has 2 rings (SSSR count). The van der Waals surface area contributed by atoms with E-state index in [0.717, 1.165) is 31.5 Å². The van der Waals surface area contributed by atoms with Gasteiger partial charge in [0.2, 0.25) is 0 Å². The summed E-state index contributed by atoms with van der Waals surface area (Å²) in [5.41, 5.74) is -0.342. The van der Waals surface area contributed by atoms with E-state index in [1.807, 2.05) is 6.92 Å². The molecule has 1 saturated carbocycles. The molecule has 1 aliphatic rings. The van der Waals surface area contributed by atoms with Gasteiger partial charge in [-0.25, -0.2) is 9.97 Å². The highest BCUT2D eigenvalue weighted by atomic mass is 16.4. The van der Waals surface area contributed by atoms with E-state index < -0.39 is 5.97 Å². The molecular weight excluding hydrogens is 230 g/mol. The number of anilines is 1. The van der Waals surface area contributed by atoms with Gasteiger partial charge in [0.25, 0.3) is 0 Å². The molecule has 5 heteroatoms. The van der Waals surface area contributed by atoms with Crippen molar-refractivity contribution in [3.05, 3.63) is 18.1 Å². The van der Waals surface area contributed by atoms with Gasteiger partial charge in [-0.3, -0.25) is 4.79 Å². The quantitative estimate of drug-likeness (QED) is 0.856. The first kappa shape index (κ1) is 12.8. The van der Waals surface area contributed by atoms with E-state index in [-0.39, 0.29) is 12.0 Å². The number of aryl methyl sites for hydroxylation is 1. The number of nitrogens with one attached hydrogen (secondary N) is 1. The van der Waals surface area contributed by atoms with Gasteiger partial charge in [-0.15, -0.1) is 0 Å². The maximum atomic E-state index is 11.1. The first-order valence-corrected chi connectivity index (χ1v) is 6.39. The Balaban J connectivity index is 2.16. The van der Waals surface area contributed by atoms with Crippen LogP contribution in [0.25, 0.3) is 0 Å². The van der Waals surface area contributed by atoms with Crippen LogP contribution in [0.5, 0.6) is 0 Å². The lowest BCUT2D eigenvalue weighted by Gasteiger charge is -2.37. The minimum absolute atomic E-state index is 0.149. The van der Waals surface area contributed by atoms with Gasteiger partial charge < -0.3 is 10.4 Å². The van der Waals surface area contributed by atoms with Crippen LogP contribution in [0.4, 0.5) is 5.82 Å². The number of hydrogen-bond acceptors (Lipinski definition) is 4.